The maximum atomic E-state index is 3.67. The zero-order valence-corrected chi connectivity index (χ0v) is 10.9. The molecule has 76 valence electrons. The van der Waals surface area contributed by atoms with Crippen molar-refractivity contribution in [3.8, 4) is 0 Å². The van der Waals surface area contributed by atoms with E-state index in [-0.39, 0.29) is 0 Å². The first-order valence-electron chi connectivity index (χ1n) is 5.14. The monoisotopic (exact) mass is 252 g/mol. The molecule has 0 nitrogen and oxygen atoms in total. The van der Waals surface area contributed by atoms with Gasteiger partial charge < -0.3 is 0 Å². The SMILES string of the molecule is CC1(C)CC(C)(C)c2c(Br)cccc21. The van der Waals surface area contributed by atoms with Gasteiger partial charge >= 0.3 is 0 Å². The van der Waals surface area contributed by atoms with Crippen molar-refractivity contribution in [1.82, 2.24) is 0 Å². The molecule has 0 heterocycles. The summed E-state index contributed by atoms with van der Waals surface area (Å²) in [5, 5.41) is 0. The highest BCUT2D eigenvalue weighted by molar-refractivity contribution is 9.10. The highest BCUT2D eigenvalue weighted by Gasteiger charge is 2.42. The van der Waals surface area contributed by atoms with E-state index in [2.05, 4.69) is 61.8 Å². The molecule has 1 aromatic carbocycles. The molecule has 0 bridgehead atoms. The third-order valence-electron chi connectivity index (χ3n) is 3.30. The fourth-order valence-electron chi connectivity index (χ4n) is 3.06. The third-order valence-corrected chi connectivity index (χ3v) is 3.96. The van der Waals surface area contributed by atoms with Crippen LogP contribution in [0.2, 0.25) is 0 Å². The van der Waals surface area contributed by atoms with Crippen molar-refractivity contribution in [2.24, 2.45) is 0 Å². The van der Waals surface area contributed by atoms with Gasteiger partial charge in [0.25, 0.3) is 0 Å². The molecular weight excluding hydrogens is 236 g/mol. The van der Waals surface area contributed by atoms with Crippen LogP contribution in [0.3, 0.4) is 0 Å². The van der Waals surface area contributed by atoms with Gasteiger partial charge in [0, 0.05) is 4.47 Å². The second-order valence-electron chi connectivity index (χ2n) is 5.61. The highest BCUT2D eigenvalue weighted by atomic mass is 79.9. The van der Waals surface area contributed by atoms with E-state index in [1.165, 1.54) is 22.0 Å². The molecule has 0 spiro atoms. The van der Waals surface area contributed by atoms with E-state index in [1.807, 2.05) is 0 Å². The lowest BCUT2D eigenvalue weighted by atomic mass is 9.82. The summed E-state index contributed by atoms with van der Waals surface area (Å²) in [6.07, 6.45) is 1.23. The Balaban J connectivity index is 2.72. The summed E-state index contributed by atoms with van der Waals surface area (Å²) in [4.78, 5) is 0. The van der Waals surface area contributed by atoms with Gasteiger partial charge in [-0.25, -0.2) is 0 Å². The third kappa shape index (κ3) is 1.33. The lowest BCUT2D eigenvalue weighted by Crippen LogP contribution is -2.18. The Hall–Kier alpha value is -0.300. The fourth-order valence-corrected chi connectivity index (χ4v) is 3.97. The maximum absolute atomic E-state index is 3.67. The highest BCUT2D eigenvalue weighted by Crippen LogP contribution is 2.51. The molecule has 0 unspecified atom stereocenters. The number of hydrogen-bond donors (Lipinski definition) is 0. The van der Waals surface area contributed by atoms with Crippen molar-refractivity contribution in [3.05, 3.63) is 33.8 Å². The Morgan fingerprint density at radius 2 is 1.71 bits per heavy atom. The van der Waals surface area contributed by atoms with Crippen molar-refractivity contribution in [1.29, 1.82) is 0 Å². The Labute approximate surface area is 94.8 Å². The minimum atomic E-state index is 0.304. The van der Waals surface area contributed by atoms with Crippen LogP contribution in [0.25, 0.3) is 0 Å². The molecule has 2 rings (SSSR count). The zero-order valence-electron chi connectivity index (χ0n) is 9.32. The Bertz CT molecular complexity index is 375. The molecule has 1 aliphatic rings. The molecular formula is C13H17Br. The van der Waals surface area contributed by atoms with E-state index in [0.717, 1.165) is 0 Å². The van der Waals surface area contributed by atoms with E-state index in [4.69, 9.17) is 0 Å². The first-order chi connectivity index (χ1) is 6.34. The van der Waals surface area contributed by atoms with E-state index < -0.39 is 0 Å². The van der Waals surface area contributed by atoms with Crippen LogP contribution in [0.4, 0.5) is 0 Å². The molecule has 0 N–H and O–H groups in total. The normalized spacial score (nSPS) is 22.1. The van der Waals surface area contributed by atoms with E-state index in [1.54, 1.807) is 0 Å². The second-order valence-corrected chi connectivity index (χ2v) is 6.46. The second kappa shape index (κ2) is 2.85. The molecule has 0 saturated heterocycles. The number of halogens is 1. The quantitative estimate of drug-likeness (QED) is 0.642. The molecule has 0 aromatic heterocycles. The molecule has 0 aliphatic heterocycles. The zero-order chi connectivity index (χ0) is 10.6. The predicted octanol–water partition coefficient (Wildman–Crippen LogP) is 4.41. The van der Waals surface area contributed by atoms with Crippen LogP contribution in [0, 0.1) is 0 Å². The standard InChI is InChI=1S/C13H17Br/c1-12(2)8-13(3,4)11-9(12)6-5-7-10(11)14/h5-7H,8H2,1-4H3. The molecule has 0 radical (unpaired) electrons. The molecule has 0 atom stereocenters. The van der Waals surface area contributed by atoms with Gasteiger partial charge in [0.2, 0.25) is 0 Å². The first-order valence-corrected chi connectivity index (χ1v) is 5.93. The first kappa shape index (κ1) is 10.2. The van der Waals surface area contributed by atoms with Crippen LogP contribution in [-0.4, -0.2) is 0 Å². The summed E-state index contributed by atoms with van der Waals surface area (Å²) in [7, 11) is 0. The van der Waals surface area contributed by atoms with Gasteiger partial charge in [-0.2, -0.15) is 0 Å². The van der Waals surface area contributed by atoms with Gasteiger partial charge in [-0.1, -0.05) is 55.8 Å². The molecule has 0 saturated carbocycles. The summed E-state index contributed by atoms with van der Waals surface area (Å²) in [6.45, 7) is 9.36. The molecule has 1 heteroatoms. The molecule has 0 amide bonds. The van der Waals surface area contributed by atoms with Crippen LogP contribution >= 0.6 is 15.9 Å². The Kier molecular flexibility index (Phi) is 2.08. The van der Waals surface area contributed by atoms with Crippen molar-refractivity contribution < 1.29 is 0 Å². The number of rotatable bonds is 0. The lowest BCUT2D eigenvalue weighted by Gasteiger charge is -2.22. The molecule has 1 aliphatic carbocycles. The van der Waals surface area contributed by atoms with Crippen LogP contribution < -0.4 is 0 Å². The van der Waals surface area contributed by atoms with Crippen LogP contribution in [0.5, 0.6) is 0 Å². The summed E-state index contributed by atoms with van der Waals surface area (Å²) in [5.41, 5.74) is 3.64. The minimum Gasteiger partial charge on any atom is -0.0608 e. The van der Waals surface area contributed by atoms with E-state index in [9.17, 15) is 0 Å². The van der Waals surface area contributed by atoms with Gasteiger partial charge in [0.15, 0.2) is 0 Å². The summed E-state index contributed by atoms with van der Waals surface area (Å²) < 4.78 is 1.27. The van der Waals surface area contributed by atoms with Gasteiger partial charge in [-0.15, -0.1) is 0 Å². The summed E-state index contributed by atoms with van der Waals surface area (Å²) in [5.74, 6) is 0. The van der Waals surface area contributed by atoms with E-state index >= 15 is 0 Å². The van der Waals surface area contributed by atoms with E-state index in [0.29, 0.717) is 10.8 Å². The smallest absolute Gasteiger partial charge is 0.0215 e. The minimum absolute atomic E-state index is 0.304. The molecule has 14 heavy (non-hydrogen) atoms. The Morgan fingerprint density at radius 1 is 1.07 bits per heavy atom. The van der Waals surface area contributed by atoms with Gasteiger partial charge in [0.05, 0.1) is 0 Å². The fraction of sp³-hybridized carbons (Fsp3) is 0.538. The van der Waals surface area contributed by atoms with Crippen molar-refractivity contribution in [2.45, 2.75) is 44.9 Å². The Morgan fingerprint density at radius 3 is 2.29 bits per heavy atom. The number of fused-ring (bicyclic) bond motifs is 1. The topological polar surface area (TPSA) is 0 Å². The summed E-state index contributed by atoms with van der Waals surface area (Å²) in [6, 6.07) is 6.57. The maximum Gasteiger partial charge on any atom is 0.0215 e. The van der Waals surface area contributed by atoms with Gasteiger partial charge in [0.1, 0.15) is 0 Å². The average Bonchev–Trinajstić information content (AvgIpc) is 2.18. The number of benzene rings is 1. The lowest BCUT2D eigenvalue weighted by molar-refractivity contribution is 0.402. The largest absolute Gasteiger partial charge is 0.0608 e. The van der Waals surface area contributed by atoms with Crippen LogP contribution in [-0.2, 0) is 10.8 Å². The van der Waals surface area contributed by atoms with Gasteiger partial charge in [-0.3, -0.25) is 0 Å². The average molecular weight is 253 g/mol. The number of hydrogen-bond acceptors (Lipinski definition) is 0. The van der Waals surface area contributed by atoms with Crippen LogP contribution in [0.1, 0.15) is 45.2 Å². The summed E-state index contributed by atoms with van der Waals surface area (Å²) >= 11 is 3.67. The van der Waals surface area contributed by atoms with Crippen molar-refractivity contribution in [3.63, 3.8) is 0 Å². The molecule has 0 fully saturated rings. The van der Waals surface area contributed by atoms with Crippen molar-refractivity contribution in [2.75, 3.05) is 0 Å². The predicted molar refractivity (Wildman–Crippen MR) is 64.8 cm³/mol. The molecule has 1 aromatic rings. The van der Waals surface area contributed by atoms with Gasteiger partial charge in [-0.05, 0) is 34.4 Å². The van der Waals surface area contributed by atoms with Crippen molar-refractivity contribution >= 4 is 15.9 Å². The van der Waals surface area contributed by atoms with Crippen LogP contribution in [0.15, 0.2) is 22.7 Å².